The number of Topliss-reactive ketones (excluding diaryl/α,β-unsaturated/α-hetero) is 1. The lowest BCUT2D eigenvalue weighted by atomic mass is 9.87. The van der Waals surface area contributed by atoms with Crippen LogP contribution in [-0.2, 0) is 4.79 Å². The van der Waals surface area contributed by atoms with E-state index in [1.807, 2.05) is 0 Å². The van der Waals surface area contributed by atoms with Crippen molar-refractivity contribution in [3.8, 4) is 11.5 Å². The molecule has 0 saturated carbocycles. The van der Waals surface area contributed by atoms with Crippen LogP contribution in [0.1, 0.15) is 30.4 Å². The van der Waals surface area contributed by atoms with Gasteiger partial charge >= 0.3 is 5.63 Å². The first-order chi connectivity index (χ1) is 12.8. The predicted molar refractivity (Wildman–Crippen MR) is 96.1 cm³/mol. The number of hydrogen-bond acceptors (Lipinski definition) is 7. The van der Waals surface area contributed by atoms with E-state index in [-0.39, 0.29) is 45.9 Å². The van der Waals surface area contributed by atoms with E-state index in [4.69, 9.17) is 4.42 Å². The molecule has 1 unspecified atom stereocenters. The summed E-state index contributed by atoms with van der Waals surface area (Å²) >= 11 is 0. The Morgan fingerprint density at radius 1 is 1.19 bits per heavy atom. The molecule has 0 saturated heterocycles. The van der Waals surface area contributed by atoms with Crippen LogP contribution in [-0.4, -0.2) is 20.9 Å². The van der Waals surface area contributed by atoms with Crippen LogP contribution in [0.2, 0.25) is 0 Å². The van der Waals surface area contributed by atoms with E-state index in [1.54, 1.807) is 0 Å². The van der Waals surface area contributed by atoms with Crippen molar-refractivity contribution in [2.24, 2.45) is 0 Å². The lowest BCUT2D eigenvalue weighted by Crippen LogP contribution is -2.16. The molecule has 0 aliphatic rings. The molecular weight excluding hydrogens is 354 g/mol. The monoisotopic (exact) mass is 369 g/mol. The zero-order chi connectivity index (χ0) is 19.7. The van der Waals surface area contributed by atoms with Gasteiger partial charge in [-0.25, -0.2) is 4.79 Å². The third-order valence-corrected chi connectivity index (χ3v) is 4.24. The number of fused-ring (bicyclic) bond motifs is 1. The van der Waals surface area contributed by atoms with Crippen LogP contribution in [0.15, 0.2) is 51.7 Å². The lowest BCUT2D eigenvalue weighted by Gasteiger charge is -2.17. The van der Waals surface area contributed by atoms with Crippen molar-refractivity contribution in [2.45, 2.75) is 19.3 Å². The Bertz CT molecular complexity index is 1100. The van der Waals surface area contributed by atoms with Gasteiger partial charge in [0.15, 0.2) is 0 Å². The van der Waals surface area contributed by atoms with Crippen molar-refractivity contribution in [1.82, 2.24) is 0 Å². The van der Waals surface area contributed by atoms with E-state index < -0.39 is 16.5 Å². The van der Waals surface area contributed by atoms with E-state index in [9.17, 15) is 29.9 Å². The molecule has 2 N–H and O–H groups in total. The topological polar surface area (TPSA) is 131 Å². The normalized spacial score (nSPS) is 12.0. The Kier molecular flexibility index (Phi) is 4.64. The quantitative estimate of drug-likeness (QED) is 0.401. The summed E-state index contributed by atoms with van der Waals surface area (Å²) < 4.78 is 5.21. The highest BCUT2D eigenvalue weighted by Gasteiger charge is 2.26. The number of carbonyl (C=O) groups excluding carboxylic acids is 1. The Morgan fingerprint density at radius 3 is 2.44 bits per heavy atom. The molecule has 138 valence electrons. The van der Waals surface area contributed by atoms with Crippen molar-refractivity contribution < 1.29 is 24.3 Å². The molecule has 3 aromatic rings. The maximum Gasteiger partial charge on any atom is 0.343 e. The average Bonchev–Trinajstić information content (AvgIpc) is 2.60. The van der Waals surface area contributed by atoms with Gasteiger partial charge in [0, 0.05) is 30.5 Å². The van der Waals surface area contributed by atoms with Gasteiger partial charge in [-0.2, -0.15) is 0 Å². The van der Waals surface area contributed by atoms with Gasteiger partial charge in [0.05, 0.1) is 15.9 Å². The van der Waals surface area contributed by atoms with Crippen LogP contribution in [0, 0.1) is 10.1 Å². The molecule has 2 aromatic carbocycles. The van der Waals surface area contributed by atoms with Gasteiger partial charge in [-0.1, -0.05) is 12.1 Å². The zero-order valence-electron chi connectivity index (χ0n) is 14.2. The molecule has 0 amide bonds. The third-order valence-electron chi connectivity index (χ3n) is 4.24. The molecule has 0 radical (unpaired) electrons. The summed E-state index contributed by atoms with van der Waals surface area (Å²) in [6.07, 6.45) is -0.0975. The average molecular weight is 369 g/mol. The largest absolute Gasteiger partial charge is 0.508 e. The van der Waals surface area contributed by atoms with Gasteiger partial charge in [-0.05, 0) is 24.6 Å². The van der Waals surface area contributed by atoms with Crippen LogP contribution >= 0.6 is 0 Å². The molecule has 27 heavy (non-hydrogen) atoms. The molecule has 0 bridgehead atoms. The number of rotatable bonds is 5. The highest BCUT2D eigenvalue weighted by Crippen LogP contribution is 2.37. The van der Waals surface area contributed by atoms with Gasteiger partial charge in [0.25, 0.3) is 5.69 Å². The fourth-order valence-electron chi connectivity index (χ4n) is 3.00. The minimum absolute atomic E-state index is 0.00604. The predicted octanol–water partition coefficient (Wildman–Crippen LogP) is 3.22. The number of non-ortho nitro benzene ring substituents is 1. The number of aromatic hydroxyl groups is 2. The van der Waals surface area contributed by atoms with E-state index in [2.05, 4.69) is 0 Å². The smallest absolute Gasteiger partial charge is 0.343 e. The van der Waals surface area contributed by atoms with Gasteiger partial charge in [0.1, 0.15) is 22.9 Å². The molecule has 1 heterocycles. The van der Waals surface area contributed by atoms with Crippen molar-refractivity contribution in [1.29, 1.82) is 0 Å². The van der Waals surface area contributed by atoms with Gasteiger partial charge in [-0.15, -0.1) is 0 Å². The number of ketones is 1. The van der Waals surface area contributed by atoms with Crippen molar-refractivity contribution in [2.75, 3.05) is 0 Å². The van der Waals surface area contributed by atoms with E-state index in [0.29, 0.717) is 5.56 Å². The lowest BCUT2D eigenvalue weighted by molar-refractivity contribution is -0.384. The SMILES string of the molecule is CC(=O)CC(c1ccc([N+](=O)[O-])cc1)c1c(O)c2ccc(O)cc2oc1=O. The third kappa shape index (κ3) is 3.50. The minimum Gasteiger partial charge on any atom is -0.508 e. The second-order valence-electron chi connectivity index (χ2n) is 6.14. The molecular formula is C19H15NO7. The number of benzene rings is 2. The van der Waals surface area contributed by atoms with E-state index >= 15 is 0 Å². The number of carbonyl (C=O) groups is 1. The highest BCUT2D eigenvalue weighted by atomic mass is 16.6. The summed E-state index contributed by atoms with van der Waals surface area (Å²) in [5.41, 5.74) is -0.638. The van der Waals surface area contributed by atoms with Gasteiger partial charge in [-0.3, -0.25) is 14.9 Å². The molecule has 1 aromatic heterocycles. The van der Waals surface area contributed by atoms with Crippen LogP contribution in [0.4, 0.5) is 5.69 Å². The molecule has 3 rings (SSSR count). The summed E-state index contributed by atoms with van der Waals surface area (Å²) in [5.74, 6) is -1.56. The van der Waals surface area contributed by atoms with E-state index in [0.717, 1.165) is 0 Å². The zero-order valence-corrected chi connectivity index (χ0v) is 14.2. The van der Waals surface area contributed by atoms with Crippen molar-refractivity contribution in [3.05, 3.63) is 74.1 Å². The van der Waals surface area contributed by atoms with Crippen LogP contribution < -0.4 is 5.63 Å². The summed E-state index contributed by atoms with van der Waals surface area (Å²) in [7, 11) is 0. The number of phenolic OH excluding ortho intramolecular Hbond substituents is 1. The van der Waals surface area contributed by atoms with Crippen molar-refractivity contribution >= 4 is 22.4 Å². The highest BCUT2D eigenvalue weighted by molar-refractivity contribution is 5.86. The first kappa shape index (κ1) is 18.1. The van der Waals surface area contributed by atoms with Gasteiger partial charge in [0.2, 0.25) is 0 Å². The first-order valence-electron chi connectivity index (χ1n) is 8.00. The molecule has 8 heteroatoms. The first-order valence-corrected chi connectivity index (χ1v) is 8.00. The molecule has 0 aliphatic carbocycles. The van der Waals surface area contributed by atoms with Crippen LogP contribution in [0.25, 0.3) is 11.0 Å². The fraction of sp³-hybridized carbons (Fsp3) is 0.158. The number of hydrogen-bond donors (Lipinski definition) is 2. The molecule has 8 nitrogen and oxygen atoms in total. The van der Waals surface area contributed by atoms with Gasteiger partial charge < -0.3 is 14.6 Å². The number of nitro groups is 1. The Hall–Kier alpha value is -3.68. The summed E-state index contributed by atoms with van der Waals surface area (Å²) in [6.45, 7) is 1.34. The Morgan fingerprint density at radius 2 is 1.85 bits per heavy atom. The Balaban J connectivity index is 2.21. The second kappa shape index (κ2) is 6.91. The van der Waals surface area contributed by atoms with Crippen LogP contribution in [0.3, 0.4) is 0 Å². The summed E-state index contributed by atoms with van der Waals surface area (Å²) in [4.78, 5) is 34.5. The van der Waals surface area contributed by atoms with Crippen LogP contribution in [0.5, 0.6) is 11.5 Å². The fourth-order valence-corrected chi connectivity index (χ4v) is 3.00. The summed E-state index contributed by atoms with van der Waals surface area (Å²) in [5, 5.41) is 31.2. The van der Waals surface area contributed by atoms with Crippen molar-refractivity contribution in [3.63, 3.8) is 0 Å². The minimum atomic E-state index is -0.852. The maximum absolute atomic E-state index is 12.5. The molecule has 1 atom stereocenters. The summed E-state index contributed by atoms with van der Waals surface area (Å²) in [6, 6.07) is 9.33. The molecule has 0 fully saturated rings. The second-order valence-corrected chi connectivity index (χ2v) is 6.14. The standard InChI is InChI=1S/C19H15NO7/c1-10(21)8-15(11-2-4-12(5-3-11)20(25)26)17-18(23)14-7-6-13(22)9-16(14)27-19(17)24/h2-7,9,15,22-23H,8H2,1H3. The maximum atomic E-state index is 12.5. The number of nitrogens with zero attached hydrogens (tertiary/aromatic N) is 1. The molecule has 0 spiro atoms. The van der Waals surface area contributed by atoms with E-state index in [1.165, 1.54) is 49.4 Å². The number of phenols is 1. The Labute approximate surface area is 152 Å². The number of nitro benzene ring substituents is 1. The molecule has 0 aliphatic heterocycles.